The Labute approximate surface area is 105 Å². The van der Waals surface area contributed by atoms with Crippen molar-refractivity contribution in [3.8, 4) is 11.4 Å². The van der Waals surface area contributed by atoms with E-state index in [1.165, 1.54) is 12.1 Å². The Balaban J connectivity index is 2.35. The van der Waals surface area contributed by atoms with Crippen LogP contribution in [0.3, 0.4) is 0 Å². The molecule has 1 atom stereocenters. The van der Waals surface area contributed by atoms with Gasteiger partial charge in [-0.05, 0) is 36.6 Å². The van der Waals surface area contributed by atoms with Crippen molar-refractivity contribution in [2.24, 2.45) is 11.7 Å². The van der Waals surface area contributed by atoms with Crippen LogP contribution in [-0.2, 0) is 0 Å². The summed E-state index contributed by atoms with van der Waals surface area (Å²) in [6, 6.07) is 4.33. The normalized spacial score (nSPS) is 13.0. The molecule has 4 nitrogen and oxygen atoms in total. The molecule has 1 aromatic heterocycles. The van der Waals surface area contributed by atoms with Crippen LogP contribution < -0.4 is 5.73 Å². The first-order valence-corrected chi connectivity index (χ1v) is 5.84. The standard InChI is InChI=1S/C13H16FN3O/c1-7(2)11(15)13-16-12(17-18-13)9-4-8(3)5-10(14)6-9/h4-7,11H,15H2,1-3H3/t11-/m0/s1. The molecule has 2 aromatic rings. The SMILES string of the molecule is Cc1cc(F)cc(-c2noc([C@@H](N)C(C)C)n2)c1. The minimum atomic E-state index is -0.315. The topological polar surface area (TPSA) is 64.9 Å². The second-order valence-corrected chi connectivity index (χ2v) is 4.74. The molecule has 0 saturated carbocycles. The van der Waals surface area contributed by atoms with Crippen LogP contribution in [0.5, 0.6) is 0 Å². The highest BCUT2D eigenvalue weighted by atomic mass is 19.1. The molecule has 0 amide bonds. The van der Waals surface area contributed by atoms with Gasteiger partial charge in [-0.25, -0.2) is 4.39 Å². The summed E-state index contributed by atoms with van der Waals surface area (Å²) in [5.41, 5.74) is 7.32. The summed E-state index contributed by atoms with van der Waals surface area (Å²) in [5.74, 6) is 0.627. The molecular weight excluding hydrogens is 233 g/mol. The largest absolute Gasteiger partial charge is 0.337 e. The third kappa shape index (κ3) is 2.56. The van der Waals surface area contributed by atoms with Gasteiger partial charge in [-0.2, -0.15) is 4.98 Å². The molecule has 1 heterocycles. The summed E-state index contributed by atoms with van der Waals surface area (Å²) in [7, 11) is 0. The van der Waals surface area contributed by atoms with Crippen molar-refractivity contribution in [2.75, 3.05) is 0 Å². The lowest BCUT2D eigenvalue weighted by Crippen LogP contribution is -2.16. The van der Waals surface area contributed by atoms with E-state index in [-0.39, 0.29) is 17.8 Å². The maximum atomic E-state index is 13.3. The van der Waals surface area contributed by atoms with Gasteiger partial charge in [0.15, 0.2) is 0 Å². The van der Waals surface area contributed by atoms with Gasteiger partial charge < -0.3 is 10.3 Å². The third-order valence-electron chi connectivity index (χ3n) is 2.75. The van der Waals surface area contributed by atoms with E-state index in [0.717, 1.165) is 5.56 Å². The highest BCUT2D eigenvalue weighted by molar-refractivity contribution is 5.55. The second-order valence-electron chi connectivity index (χ2n) is 4.74. The number of nitrogens with zero attached hydrogens (tertiary/aromatic N) is 2. The fourth-order valence-electron chi connectivity index (χ4n) is 1.64. The van der Waals surface area contributed by atoms with Crippen LogP contribution >= 0.6 is 0 Å². The van der Waals surface area contributed by atoms with Crippen LogP contribution in [0.2, 0.25) is 0 Å². The molecular formula is C13H16FN3O. The van der Waals surface area contributed by atoms with Crippen LogP contribution in [-0.4, -0.2) is 10.1 Å². The lowest BCUT2D eigenvalue weighted by molar-refractivity contribution is 0.325. The zero-order chi connectivity index (χ0) is 13.3. The first kappa shape index (κ1) is 12.7. The molecule has 0 bridgehead atoms. The zero-order valence-corrected chi connectivity index (χ0v) is 10.6. The van der Waals surface area contributed by atoms with Crippen LogP contribution in [0.1, 0.15) is 31.3 Å². The van der Waals surface area contributed by atoms with E-state index in [0.29, 0.717) is 17.3 Å². The van der Waals surface area contributed by atoms with E-state index in [2.05, 4.69) is 10.1 Å². The Hall–Kier alpha value is -1.75. The van der Waals surface area contributed by atoms with Crippen LogP contribution in [0, 0.1) is 18.7 Å². The van der Waals surface area contributed by atoms with Gasteiger partial charge in [-0.15, -0.1) is 0 Å². The fraction of sp³-hybridized carbons (Fsp3) is 0.385. The second kappa shape index (κ2) is 4.86. The maximum absolute atomic E-state index is 13.3. The average molecular weight is 249 g/mol. The van der Waals surface area contributed by atoms with Gasteiger partial charge in [0, 0.05) is 5.56 Å². The molecule has 96 valence electrons. The Morgan fingerprint density at radius 3 is 2.61 bits per heavy atom. The summed E-state index contributed by atoms with van der Waals surface area (Å²) < 4.78 is 18.4. The molecule has 1 aromatic carbocycles. The van der Waals surface area contributed by atoms with Gasteiger partial charge in [0.25, 0.3) is 0 Å². The molecule has 5 heteroatoms. The zero-order valence-electron chi connectivity index (χ0n) is 10.6. The number of halogens is 1. The quantitative estimate of drug-likeness (QED) is 0.908. The number of nitrogens with two attached hydrogens (primary N) is 1. The molecule has 2 rings (SSSR count). The molecule has 0 unspecified atom stereocenters. The Morgan fingerprint density at radius 1 is 1.28 bits per heavy atom. The smallest absolute Gasteiger partial charge is 0.244 e. The summed E-state index contributed by atoms with van der Waals surface area (Å²) in [6.45, 7) is 5.76. The predicted octanol–water partition coefficient (Wildman–Crippen LogP) is 2.84. The van der Waals surface area contributed by atoms with Crippen molar-refractivity contribution < 1.29 is 8.91 Å². The van der Waals surface area contributed by atoms with E-state index in [1.807, 2.05) is 20.8 Å². The molecule has 0 spiro atoms. The lowest BCUT2D eigenvalue weighted by atomic mass is 10.1. The van der Waals surface area contributed by atoms with Gasteiger partial charge in [0.2, 0.25) is 11.7 Å². The van der Waals surface area contributed by atoms with Gasteiger partial charge in [0.05, 0.1) is 6.04 Å². The molecule has 0 saturated heterocycles. The third-order valence-corrected chi connectivity index (χ3v) is 2.75. The molecule has 2 N–H and O–H groups in total. The number of aryl methyl sites for hydroxylation is 1. The summed E-state index contributed by atoms with van der Waals surface area (Å²) >= 11 is 0. The number of rotatable bonds is 3. The molecule has 0 aliphatic carbocycles. The van der Waals surface area contributed by atoms with Gasteiger partial charge in [0.1, 0.15) is 5.82 Å². The summed E-state index contributed by atoms with van der Waals surface area (Å²) in [4.78, 5) is 4.21. The van der Waals surface area contributed by atoms with Gasteiger partial charge in [-0.1, -0.05) is 19.0 Å². The summed E-state index contributed by atoms with van der Waals surface area (Å²) in [6.07, 6.45) is 0. The Morgan fingerprint density at radius 2 is 2.00 bits per heavy atom. The minimum Gasteiger partial charge on any atom is -0.337 e. The van der Waals surface area contributed by atoms with Crippen LogP contribution in [0.4, 0.5) is 4.39 Å². The molecule has 0 fully saturated rings. The van der Waals surface area contributed by atoms with Crippen LogP contribution in [0.15, 0.2) is 22.7 Å². The van der Waals surface area contributed by atoms with E-state index in [9.17, 15) is 4.39 Å². The first-order valence-electron chi connectivity index (χ1n) is 5.84. The Bertz CT molecular complexity index is 531. The lowest BCUT2D eigenvalue weighted by Gasteiger charge is -2.09. The number of hydrogen-bond donors (Lipinski definition) is 1. The first-order chi connectivity index (χ1) is 8.47. The van der Waals surface area contributed by atoms with Crippen molar-refractivity contribution in [1.82, 2.24) is 10.1 Å². The monoisotopic (exact) mass is 249 g/mol. The molecule has 18 heavy (non-hydrogen) atoms. The highest BCUT2D eigenvalue weighted by Gasteiger charge is 2.18. The molecule has 0 aliphatic heterocycles. The maximum Gasteiger partial charge on any atom is 0.244 e. The predicted molar refractivity (Wildman–Crippen MR) is 66.2 cm³/mol. The minimum absolute atomic E-state index is 0.201. The van der Waals surface area contributed by atoms with Crippen LogP contribution in [0.25, 0.3) is 11.4 Å². The van der Waals surface area contributed by atoms with Crippen molar-refractivity contribution in [1.29, 1.82) is 0 Å². The number of aromatic nitrogens is 2. The number of benzene rings is 1. The Kier molecular flexibility index (Phi) is 3.43. The van der Waals surface area contributed by atoms with Crippen molar-refractivity contribution in [3.05, 3.63) is 35.5 Å². The van der Waals surface area contributed by atoms with E-state index in [4.69, 9.17) is 10.3 Å². The molecule has 0 radical (unpaired) electrons. The molecule has 0 aliphatic rings. The summed E-state index contributed by atoms with van der Waals surface area (Å²) in [5, 5.41) is 3.84. The van der Waals surface area contributed by atoms with E-state index >= 15 is 0 Å². The van der Waals surface area contributed by atoms with Crippen molar-refractivity contribution in [2.45, 2.75) is 26.8 Å². The van der Waals surface area contributed by atoms with Crippen molar-refractivity contribution in [3.63, 3.8) is 0 Å². The average Bonchev–Trinajstić information content (AvgIpc) is 2.75. The van der Waals surface area contributed by atoms with E-state index in [1.54, 1.807) is 6.07 Å². The number of hydrogen-bond acceptors (Lipinski definition) is 4. The van der Waals surface area contributed by atoms with Gasteiger partial charge in [-0.3, -0.25) is 0 Å². The van der Waals surface area contributed by atoms with Gasteiger partial charge >= 0.3 is 0 Å². The van der Waals surface area contributed by atoms with E-state index < -0.39 is 0 Å². The highest BCUT2D eigenvalue weighted by Crippen LogP contribution is 2.22. The van der Waals surface area contributed by atoms with Crippen molar-refractivity contribution >= 4 is 0 Å². The fourth-order valence-corrected chi connectivity index (χ4v) is 1.64.